The van der Waals surface area contributed by atoms with Crippen molar-refractivity contribution in [3.63, 3.8) is 0 Å². The van der Waals surface area contributed by atoms with Gasteiger partial charge in [-0.25, -0.2) is 9.78 Å². The van der Waals surface area contributed by atoms with Crippen LogP contribution in [0.15, 0.2) is 42.5 Å². The summed E-state index contributed by atoms with van der Waals surface area (Å²) in [6.07, 6.45) is 0. The maximum absolute atomic E-state index is 11.9. The van der Waals surface area contributed by atoms with E-state index < -0.39 is 5.97 Å². The molecule has 3 rings (SSSR count). The number of fused-ring (bicyclic) bond motifs is 1. The van der Waals surface area contributed by atoms with Crippen LogP contribution < -0.4 is 4.74 Å². The number of nitrogens with zero attached hydrogens (tertiary/aromatic N) is 1. The van der Waals surface area contributed by atoms with E-state index in [2.05, 4.69) is 25.8 Å². The quantitative estimate of drug-likeness (QED) is 0.656. The summed E-state index contributed by atoms with van der Waals surface area (Å²) in [5.41, 5.74) is 2.97. The number of aromatic nitrogens is 1. The Morgan fingerprint density at radius 1 is 1.12 bits per heavy atom. The van der Waals surface area contributed by atoms with Crippen molar-refractivity contribution in [1.82, 2.24) is 4.98 Å². The summed E-state index contributed by atoms with van der Waals surface area (Å²) in [6, 6.07) is 12.5. The Balaban J connectivity index is 2.31. The van der Waals surface area contributed by atoms with Gasteiger partial charge >= 0.3 is 5.97 Å². The van der Waals surface area contributed by atoms with Crippen molar-refractivity contribution >= 4 is 28.5 Å². The number of benzene rings is 2. The van der Waals surface area contributed by atoms with Crippen LogP contribution in [-0.2, 0) is 5.41 Å². The molecule has 26 heavy (non-hydrogen) atoms. The zero-order valence-corrected chi connectivity index (χ0v) is 15.9. The highest BCUT2D eigenvalue weighted by atomic mass is 35.5. The fourth-order valence-electron chi connectivity index (χ4n) is 2.89. The standard InChI is InChI=1S/C21H20ClNO3/c1-21(2,3)12-5-7-17-14(9-12)15(20(24)25)11-18(23-17)16-10-13(22)6-8-19(16)26-4/h5-11H,1-4H3,(H,24,25). The minimum atomic E-state index is -0.995. The first-order chi connectivity index (χ1) is 12.2. The molecule has 0 fully saturated rings. The summed E-state index contributed by atoms with van der Waals surface area (Å²) < 4.78 is 5.38. The second kappa shape index (κ2) is 6.61. The second-order valence-electron chi connectivity index (χ2n) is 7.19. The van der Waals surface area contributed by atoms with E-state index in [-0.39, 0.29) is 11.0 Å². The number of halogens is 1. The molecule has 0 atom stereocenters. The van der Waals surface area contributed by atoms with E-state index in [1.165, 1.54) is 0 Å². The zero-order valence-electron chi connectivity index (χ0n) is 15.1. The Morgan fingerprint density at radius 3 is 2.46 bits per heavy atom. The minimum Gasteiger partial charge on any atom is -0.496 e. The molecule has 0 saturated carbocycles. The van der Waals surface area contributed by atoms with Crippen LogP contribution in [-0.4, -0.2) is 23.2 Å². The molecule has 0 aliphatic heterocycles. The van der Waals surface area contributed by atoms with E-state index in [4.69, 9.17) is 16.3 Å². The fraction of sp³-hybridized carbons (Fsp3) is 0.238. The molecule has 1 heterocycles. The Kier molecular flexibility index (Phi) is 4.63. The first kappa shape index (κ1) is 18.2. The summed E-state index contributed by atoms with van der Waals surface area (Å²) in [6.45, 7) is 6.27. The first-order valence-electron chi connectivity index (χ1n) is 8.23. The van der Waals surface area contributed by atoms with Gasteiger partial charge in [0.15, 0.2) is 0 Å². The van der Waals surface area contributed by atoms with E-state index >= 15 is 0 Å². The van der Waals surface area contributed by atoms with Crippen molar-refractivity contribution in [2.75, 3.05) is 7.11 Å². The van der Waals surface area contributed by atoms with Gasteiger partial charge in [-0.15, -0.1) is 0 Å². The molecule has 0 unspecified atom stereocenters. The average molecular weight is 370 g/mol. The lowest BCUT2D eigenvalue weighted by molar-refractivity contribution is 0.0699. The molecule has 0 bridgehead atoms. The monoisotopic (exact) mass is 369 g/mol. The van der Waals surface area contributed by atoms with Crippen LogP contribution in [0.25, 0.3) is 22.2 Å². The van der Waals surface area contributed by atoms with Crippen LogP contribution in [0.5, 0.6) is 5.75 Å². The third-order valence-corrected chi connectivity index (χ3v) is 4.58. The fourth-order valence-corrected chi connectivity index (χ4v) is 3.06. The Morgan fingerprint density at radius 2 is 1.85 bits per heavy atom. The lowest BCUT2D eigenvalue weighted by Gasteiger charge is -2.20. The van der Waals surface area contributed by atoms with Gasteiger partial charge in [0.25, 0.3) is 0 Å². The molecule has 2 aromatic carbocycles. The smallest absolute Gasteiger partial charge is 0.336 e. The van der Waals surface area contributed by atoms with Gasteiger partial charge in [0, 0.05) is 16.0 Å². The van der Waals surface area contributed by atoms with Crippen molar-refractivity contribution in [2.45, 2.75) is 26.2 Å². The summed E-state index contributed by atoms with van der Waals surface area (Å²) in [7, 11) is 1.56. The number of carboxylic acids is 1. The highest BCUT2D eigenvalue weighted by Crippen LogP contribution is 2.35. The molecule has 3 aromatic rings. The van der Waals surface area contributed by atoms with Crippen LogP contribution in [0.4, 0.5) is 0 Å². The minimum absolute atomic E-state index is 0.0845. The van der Waals surface area contributed by atoms with E-state index in [1.54, 1.807) is 31.4 Å². The highest BCUT2D eigenvalue weighted by Gasteiger charge is 2.19. The number of hydrogen-bond acceptors (Lipinski definition) is 3. The highest BCUT2D eigenvalue weighted by molar-refractivity contribution is 6.31. The Hall–Kier alpha value is -2.59. The second-order valence-corrected chi connectivity index (χ2v) is 7.62. The number of carbonyl (C=O) groups is 1. The maximum atomic E-state index is 11.9. The van der Waals surface area contributed by atoms with Gasteiger partial charge in [-0.3, -0.25) is 0 Å². The number of carboxylic acid groups (broad SMARTS) is 1. The van der Waals surface area contributed by atoms with Crippen LogP contribution in [0.2, 0.25) is 5.02 Å². The molecule has 134 valence electrons. The van der Waals surface area contributed by atoms with Gasteiger partial charge in [-0.1, -0.05) is 38.4 Å². The Labute approximate surface area is 157 Å². The van der Waals surface area contributed by atoms with E-state index in [1.807, 2.05) is 18.2 Å². The molecular formula is C21H20ClNO3. The summed E-state index contributed by atoms with van der Waals surface area (Å²) >= 11 is 6.12. The maximum Gasteiger partial charge on any atom is 0.336 e. The van der Waals surface area contributed by atoms with Crippen LogP contribution >= 0.6 is 11.6 Å². The molecule has 5 heteroatoms. The van der Waals surface area contributed by atoms with Crippen LogP contribution in [0.1, 0.15) is 36.7 Å². The van der Waals surface area contributed by atoms with Crippen molar-refractivity contribution in [3.8, 4) is 17.0 Å². The number of pyridine rings is 1. The topological polar surface area (TPSA) is 59.4 Å². The van der Waals surface area contributed by atoms with Gasteiger partial charge in [-0.2, -0.15) is 0 Å². The first-order valence-corrected chi connectivity index (χ1v) is 8.61. The summed E-state index contributed by atoms with van der Waals surface area (Å²) in [5, 5.41) is 10.9. The number of rotatable bonds is 3. The molecule has 1 aromatic heterocycles. The van der Waals surface area contributed by atoms with Crippen LogP contribution in [0.3, 0.4) is 0 Å². The van der Waals surface area contributed by atoms with Gasteiger partial charge in [0.2, 0.25) is 0 Å². The Bertz CT molecular complexity index is 1010. The van der Waals surface area contributed by atoms with Crippen molar-refractivity contribution in [1.29, 1.82) is 0 Å². The molecule has 0 aliphatic carbocycles. The van der Waals surface area contributed by atoms with E-state index in [9.17, 15) is 9.90 Å². The molecule has 0 amide bonds. The van der Waals surface area contributed by atoms with Crippen molar-refractivity contribution < 1.29 is 14.6 Å². The predicted octanol–water partition coefficient (Wildman–Crippen LogP) is 5.56. The molecular weight excluding hydrogens is 350 g/mol. The molecule has 1 N–H and O–H groups in total. The molecule has 0 spiro atoms. The number of methoxy groups -OCH3 is 1. The predicted molar refractivity (Wildman–Crippen MR) is 104 cm³/mol. The third kappa shape index (κ3) is 3.37. The van der Waals surface area contributed by atoms with Gasteiger partial charge < -0.3 is 9.84 Å². The summed E-state index contributed by atoms with van der Waals surface area (Å²) in [5.74, 6) is -0.408. The largest absolute Gasteiger partial charge is 0.496 e. The molecule has 0 saturated heterocycles. The van der Waals surface area contributed by atoms with Gasteiger partial charge in [0.05, 0.1) is 23.9 Å². The summed E-state index contributed by atoms with van der Waals surface area (Å²) in [4.78, 5) is 16.6. The van der Waals surface area contributed by atoms with E-state index in [0.29, 0.717) is 32.9 Å². The van der Waals surface area contributed by atoms with Gasteiger partial charge in [0.1, 0.15) is 5.75 Å². The molecule has 0 radical (unpaired) electrons. The number of hydrogen-bond donors (Lipinski definition) is 1. The lowest BCUT2D eigenvalue weighted by atomic mass is 9.86. The zero-order chi connectivity index (χ0) is 19.1. The third-order valence-electron chi connectivity index (χ3n) is 4.34. The molecule has 4 nitrogen and oxygen atoms in total. The lowest BCUT2D eigenvalue weighted by Crippen LogP contribution is -2.11. The number of aromatic carboxylic acids is 1. The van der Waals surface area contributed by atoms with Crippen molar-refractivity contribution in [3.05, 3.63) is 58.6 Å². The van der Waals surface area contributed by atoms with Gasteiger partial charge in [-0.05, 0) is 47.4 Å². The van der Waals surface area contributed by atoms with E-state index in [0.717, 1.165) is 5.56 Å². The van der Waals surface area contributed by atoms with Crippen molar-refractivity contribution in [2.24, 2.45) is 0 Å². The normalized spacial score (nSPS) is 11.6. The van der Waals surface area contributed by atoms with Crippen LogP contribution in [0, 0.1) is 0 Å². The molecule has 0 aliphatic rings. The SMILES string of the molecule is COc1ccc(Cl)cc1-c1cc(C(=O)O)c2cc(C(C)(C)C)ccc2n1. The number of ether oxygens (including phenoxy) is 1. The average Bonchev–Trinajstić information content (AvgIpc) is 2.59.